The van der Waals surface area contributed by atoms with Crippen molar-refractivity contribution in [2.24, 2.45) is 0 Å². The molecule has 1 heterocycles. The van der Waals surface area contributed by atoms with Gasteiger partial charge in [-0.05, 0) is 38.9 Å². The highest BCUT2D eigenvalue weighted by molar-refractivity contribution is 4.83. The van der Waals surface area contributed by atoms with E-state index in [4.69, 9.17) is 6.42 Å². The molecule has 0 aliphatic carbocycles. The van der Waals surface area contributed by atoms with Crippen LogP contribution in [0.15, 0.2) is 0 Å². The summed E-state index contributed by atoms with van der Waals surface area (Å²) in [5.41, 5.74) is 0. The first-order chi connectivity index (χ1) is 5.93. The summed E-state index contributed by atoms with van der Waals surface area (Å²) in [6.07, 6.45) is 9.69. The van der Waals surface area contributed by atoms with Crippen LogP contribution >= 0.6 is 0 Å². The minimum absolute atomic E-state index is 0.726. The summed E-state index contributed by atoms with van der Waals surface area (Å²) in [5.74, 6) is 2.65. The van der Waals surface area contributed by atoms with Gasteiger partial charge in [0.25, 0.3) is 0 Å². The fourth-order valence-electron chi connectivity index (χ4n) is 1.52. The van der Waals surface area contributed by atoms with Gasteiger partial charge >= 0.3 is 0 Å². The van der Waals surface area contributed by atoms with Gasteiger partial charge < -0.3 is 10.6 Å². The van der Waals surface area contributed by atoms with Gasteiger partial charge in [0, 0.05) is 12.5 Å². The average Bonchev–Trinajstić information content (AvgIpc) is 2.14. The van der Waals surface area contributed by atoms with Crippen molar-refractivity contribution in [3.63, 3.8) is 0 Å². The van der Waals surface area contributed by atoms with Gasteiger partial charge in [-0.15, -0.1) is 12.3 Å². The summed E-state index contributed by atoms with van der Waals surface area (Å²) >= 11 is 0. The fraction of sp³-hybridized carbons (Fsp3) is 0.800. The Labute approximate surface area is 75.1 Å². The van der Waals surface area contributed by atoms with Crippen LogP contribution in [-0.4, -0.2) is 25.7 Å². The monoisotopic (exact) mass is 166 g/mol. The highest BCUT2D eigenvalue weighted by atomic mass is 15.0. The van der Waals surface area contributed by atoms with Crippen LogP contribution in [0, 0.1) is 12.3 Å². The zero-order chi connectivity index (χ0) is 8.65. The van der Waals surface area contributed by atoms with Crippen LogP contribution in [0.25, 0.3) is 0 Å². The summed E-state index contributed by atoms with van der Waals surface area (Å²) in [7, 11) is 0. The molecule has 2 heteroatoms. The third-order valence-corrected chi connectivity index (χ3v) is 2.27. The zero-order valence-corrected chi connectivity index (χ0v) is 7.60. The van der Waals surface area contributed by atoms with E-state index in [1.807, 2.05) is 0 Å². The molecule has 0 aromatic rings. The molecule has 0 saturated carbocycles. The van der Waals surface area contributed by atoms with Gasteiger partial charge in [0.05, 0.1) is 0 Å². The number of hydrogen-bond acceptors (Lipinski definition) is 2. The normalized spacial score (nSPS) is 18.9. The van der Waals surface area contributed by atoms with Crippen molar-refractivity contribution < 1.29 is 0 Å². The first kappa shape index (κ1) is 9.57. The lowest BCUT2D eigenvalue weighted by Crippen LogP contribution is -2.40. The Bertz CT molecular complexity index is 142. The number of unbranched alkanes of at least 4 members (excludes halogenated alkanes) is 1. The molecule has 0 amide bonds. The van der Waals surface area contributed by atoms with Gasteiger partial charge in [0.15, 0.2) is 0 Å². The van der Waals surface area contributed by atoms with Crippen molar-refractivity contribution in [3.8, 4) is 12.3 Å². The summed E-state index contributed by atoms with van der Waals surface area (Å²) < 4.78 is 0. The number of nitrogens with one attached hydrogen (secondary N) is 2. The van der Waals surface area contributed by atoms with Crippen molar-refractivity contribution in [2.45, 2.75) is 31.7 Å². The second kappa shape index (κ2) is 6.05. The predicted molar refractivity (Wildman–Crippen MR) is 52.0 cm³/mol. The van der Waals surface area contributed by atoms with Crippen molar-refractivity contribution in [3.05, 3.63) is 0 Å². The number of rotatable bonds is 4. The summed E-state index contributed by atoms with van der Waals surface area (Å²) in [5, 5.41) is 6.86. The number of terminal acetylenes is 1. The van der Waals surface area contributed by atoms with E-state index >= 15 is 0 Å². The van der Waals surface area contributed by atoms with Crippen LogP contribution in [-0.2, 0) is 0 Å². The molecular formula is C10H18N2. The second-order valence-electron chi connectivity index (χ2n) is 3.29. The van der Waals surface area contributed by atoms with Gasteiger partial charge in [-0.1, -0.05) is 0 Å². The SMILES string of the molecule is C#CCCCNC1CCNCC1. The Morgan fingerprint density at radius 3 is 2.83 bits per heavy atom. The minimum atomic E-state index is 0.726. The molecule has 1 saturated heterocycles. The maximum Gasteiger partial charge on any atom is 0.00981 e. The van der Waals surface area contributed by atoms with Gasteiger partial charge in [-0.2, -0.15) is 0 Å². The van der Waals surface area contributed by atoms with Crippen LogP contribution in [0.1, 0.15) is 25.7 Å². The van der Waals surface area contributed by atoms with E-state index in [2.05, 4.69) is 16.6 Å². The van der Waals surface area contributed by atoms with E-state index in [0.717, 1.165) is 38.5 Å². The minimum Gasteiger partial charge on any atom is -0.317 e. The van der Waals surface area contributed by atoms with Crippen LogP contribution in [0.3, 0.4) is 0 Å². The van der Waals surface area contributed by atoms with Crippen molar-refractivity contribution in [2.75, 3.05) is 19.6 Å². The van der Waals surface area contributed by atoms with E-state index in [1.165, 1.54) is 12.8 Å². The van der Waals surface area contributed by atoms with E-state index in [0.29, 0.717) is 0 Å². The molecule has 68 valence electrons. The van der Waals surface area contributed by atoms with Crippen molar-refractivity contribution in [1.82, 2.24) is 10.6 Å². The quantitative estimate of drug-likeness (QED) is 0.475. The lowest BCUT2D eigenvalue weighted by atomic mass is 10.1. The lowest BCUT2D eigenvalue weighted by molar-refractivity contribution is 0.387. The van der Waals surface area contributed by atoms with E-state index in [1.54, 1.807) is 0 Å². The summed E-state index contributed by atoms with van der Waals surface area (Å²) in [4.78, 5) is 0. The summed E-state index contributed by atoms with van der Waals surface area (Å²) in [6, 6.07) is 0.726. The molecule has 0 aromatic heterocycles. The summed E-state index contributed by atoms with van der Waals surface area (Å²) in [6.45, 7) is 3.40. The van der Waals surface area contributed by atoms with Crippen molar-refractivity contribution >= 4 is 0 Å². The highest BCUT2D eigenvalue weighted by Gasteiger charge is 2.10. The number of hydrogen-bond donors (Lipinski definition) is 2. The second-order valence-corrected chi connectivity index (χ2v) is 3.29. The molecule has 1 aliphatic heterocycles. The Kier molecular flexibility index (Phi) is 4.82. The topological polar surface area (TPSA) is 24.1 Å². The molecular weight excluding hydrogens is 148 g/mol. The van der Waals surface area contributed by atoms with E-state index in [-0.39, 0.29) is 0 Å². The van der Waals surface area contributed by atoms with Crippen LogP contribution < -0.4 is 10.6 Å². The molecule has 1 aliphatic rings. The third kappa shape index (κ3) is 3.75. The molecule has 2 N–H and O–H groups in total. The Balaban J connectivity index is 1.95. The maximum atomic E-state index is 5.16. The van der Waals surface area contributed by atoms with Gasteiger partial charge in [-0.3, -0.25) is 0 Å². The van der Waals surface area contributed by atoms with Gasteiger partial charge in [0.1, 0.15) is 0 Å². The molecule has 0 atom stereocenters. The highest BCUT2D eigenvalue weighted by Crippen LogP contribution is 2.01. The average molecular weight is 166 g/mol. The van der Waals surface area contributed by atoms with Crippen LogP contribution in [0.4, 0.5) is 0 Å². The van der Waals surface area contributed by atoms with Crippen molar-refractivity contribution in [1.29, 1.82) is 0 Å². The zero-order valence-electron chi connectivity index (χ0n) is 7.60. The molecule has 2 nitrogen and oxygen atoms in total. The molecule has 12 heavy (non-hydrogen) atoms. The third-order valence-electron chi connectivity index (χ3n) is 2.27. The van der Waals surface area contributed by atoms with Gasteiger partial charge in [-0.25, -0.2) is 0 Å². The first-order valence-corrected chi connectivity index (χ1v) is 4.81. The fourth-order valence-corrected chi connectivity index (χ4v) is 1.52. The first-order valence-electron chi connectivity index (χ1n) is 4.81. The van der Waals surface area contributed by atoms with Crippen LogP contribution in [0.2, 0.25) is 0 Å². The lowest BCUT2D eigenvalue weighted by Gasteiger charge is -2.23. The molecule has 0 radical (unpaired) electrons. The molecule has 0 bridgehead atoms. The van der Waals surface area contributed by atoms with E-state index in [9.17, 15) is 0 Å². The molecule has 0 aromatic carbocycles. The molecule has 0 unspecified atom stereocenters. The largest absolute Gasteiger partial charge is 0.317 e. The molecule has 1 fully saturated rings. The Morgan fingerprint density at radius 1 is 1.42 bits per heavy atom. The van der Waals surface area contributed by atoms with Crippen LogP contribution in [0.5, 0.6) is 0 Å². The van der Waals surface area contributed by atoms with E-state index < -0.39 is 0 Å². The maximum absolute atomic E-state index is 5.16. The Morgan fingerprint density at radius 2 is 2.17 bits per heavy atom. The smallest absolute Gasteiger partial charge is 0.00981 e. The molecule has 1 rings (SSSR count). The predicted octanol–water partition coefficient (Wildman–Crippen LogP) is 0.741. The number of piperidine rings is 1. The standard InChI is InChI=1S/C10H18N2/c1-2-3-4-7-12-10-5-8-11-9-6-10/h1,10-12H,3-9H2. The molecule has 0 spiro atoms. The van der Waals surface area contributed by atoms with Gasteiger partial charge in [0.2, 0.25) is 0 Å². The Hall–Kier alpha value is -0.520.